The third-order valence-electron chi connectivity index (χ3n) is 2.42. The number of rotatable bonds is 4. The maximum atomic E-state index is 5.53. The molecule has 15 heavy (non-hydrogen) atoms. The van der Waals surface area contributed by atoms with Crippen LogP contribution in [0.4, 0.5) is 0 Å². The minimum absolute atomic E-state index is 0.0538. The van der Waals surface area contributed by atoms with Gasteiger partial charge >= 0.3 is 0 Å². The van der Waals surface area contributed by atoms with Crippen LogP contribution in [0.5, 0.6) is 0 Å². The Morgan fingerprint density at radius 2 is 1.47 bits per heavy atom. The Morgan fingerprint density at radius 3 is 1.80 bits per heavy atom. The topological polar surface area (TPSA) is 103 Å². The Hall–Kier alpha value is -1.26. The van der Waals surface area contributed by atoms with Crippen molar-refractivity contribution in [3.8, 4) is 0 Å². The molecule has 0 aromatic carbocycles. The zero-order valence-corrected chi connectivity index (χ0v) is 10.1. The van der Waals surface area contributed by atoms with Crippen LogP contribution in [0.3, 0.4) is 0 Å². The first-order valence-corrected chi connectivity index (χ1v) is 5.24. The molecule has 0 aliphatic heterocycles. The Kier molecular flexibility index (Phi) is 5.74. The molecule has 0 bridgehead atoms. The summed E-state index contributed by atoms with van der Waals surface area (Å²) in [5.74, 6) is 1.74. The van der Waals surface area contributed by atoms with Gasteiger partial charge < -0.3 is 17.2 Å². The number of hydrogen-bond donors (Lipinski definition) is 3. The molecule has 0 saturated carbocycles. The van der Waals surface area contributed by atoms with Crippen LogP contribution in [0.1, 0.15) is 27.7 Å². The number of guanidine groups is 2. The third kappa shape index (κ3) is 5.93. The summed E-state index contributed by atoms with van der Waals surface area (Å²) >= 11 is 0. The van der Waals surface area contributed by atoms with Gasteiger partial charge in [-0.15, -0.1) is 0 Å². The van der Waals surface area contributed by atoms with Crippen LogP contribution in [0, 0.1) is 17.8 Å². The lowest BCUT2D eigenvalue weighted by atomic mass is 9.86. The summed E-state index contributed by atoms with van der Waals surface area (Å²) in [5, 5.41) is 0. The zero-order chi connectivity index (χ0) is 12.0. The molecule has 0 atom stereocenters. The fourth-order valence-corrected chi connectivity index (χ4v) is 1.56. The Balaban J connectivity index is 4.38. The van der Waals surface area contributed by atoms with E-state index < -0.39 is 0 Å². The normalized spacial score (nSPS) is 12.6. The standard InChI is InChI=1S/C10H23N5/c1-6(2)8(7(3)4)5-14-10(13)15-9(11)12/h6-8H,5H2,1-4H3,(H6,11,12,13,14,15). The molecule has 0 aromatic heterocycles. The molecule has 0 unspecified atom stereocenters. The fraction of sp³-hybridized carbons (Fsp3) is 0.800. The van der Waals surface area contributed by atoms with Crippen molar-refractivity contribution in [2.45, 2.75) is 27.7 Å². The highest BCUT2D eigenvalue weighted by Gasteiger charge is 2.16. The number of nitrogens with zero attached hydrogens (tertiary/aromatic N) is 2. The monoisotopic (exact) mass is 213 g/mol. The molecule has 0 saturated heterocycles. The van der Waals surface area contributed by atoms with Crippen LogP contribution in [0.25, 0.3) is 0 Å². The van der Waals surface area contributed by atoms with Gasteiger partial charge in [0, 0.05) is 6.54 Å². The quantitative estimate of drug-likeness (QED) is 0.468. The van der Waals surface area contributed by atoms with Crippen molar-refractivity contribution in [1.82, 2.24) is 0 Å². The molecule has 0 aliphatic rings. The van der Waals surface area contributed by atoms with E-state index in [2.05, 4.69) is 37.7 Å². The van der Waals surface area contributed by atoms with E-state index >= 15 is 0 Å². The molecule has 6 N–H and O–H groups in total. The van der Waals surface area contributed by atoms with Gasteiger partial charge in [-0.2, -0.15) is 4.99 Å². The van der Waals surface area contributed by atoms with Gasteiger partial charge in [0.1, 0.15) is 0 Å². The molecule has 0 aromatic rings. The van der Waals surface area contributed by atoms with Crippen molar-refractivity contribution in [2.75, 3.05) is 6.54 Å². The van der Waals surface area contributed by atoms with Crippen molar-refractivity contribution < 1.29 is 0 Å². The van der Waals surface area contributed by atoms with Gasteiger partial charge in [0.2, 0.25) is 5.96 Å². The van der Waals surface area contributed by atoms with Crippen LogP contribution >= 0.6 is 0 Å². The van der Waals surface area contributed by atoms with Gasteiger partial charge in [-0.25, -0.2) is 0 Å². The molecule has 0 spiro atoms. The largest absolute Gasteiger partial charge is 0.370 e. The highest BCUT2D eigenvalue weighted by molar-refractivity contribution is 5.92. The molecule has 0 radical (unpaired) electrons. The fourth-order valence-electron chi connectivity index (χ4n) is 1.56. The Bertz CT molecular complexity index is 230. The van der Waals surface area contributed by atoms with E-state index in [0.717, 1.165) is 0 Å². The second kappa shape index (κ2) is 6.27. The molecule has 0 amide bonds. The number of nitrogens with two attached hydrogens (primary N) is 3. The van der Waals surface area contributed by atoms with Crippen LogP contribution in [-0.4, -0.2) is 18.5 Å². The van der Waals surface area contributed by atoms with E-state index in [9.17, 15) is 0 Å². The van der Waals surface area contributed by atoms with Gasteiger partial charge in [0.15, 0.2) is 5.96 Å². The van der Waals surface area contributed by atoms with Gasteiger partial charge in [-0.05, 0) is 17.8 Å². The van der Waals surface area contributed by atoms with Crippen molar-refractivity contribution >= 4 is 11.9 Å². The summed E-state index contributed by atoms with van der Waals surface area (Å²) in [6, 6.07) is 0. The average molecular weight is 213 g/mol. The zero-order valence-electron chi connectivity index (χ0n) is 10.1. The maximum Gasteiger partial charge on any atom is 0.218 e. The molecular formula is C10H23N5. The van der Waals surface area contributed by atoms with Crippen molar-refractivity contribution in [3.63, 3.8) is 0 Å². The lowest BCUT2D eigenvalue weighted by Gasteiger charge is -2.22. The van der Waals surface area contributed by atoms with E-state index in [-0.39, 0.29) is 11.9 Å². The molecular weight excluding hydrogens is 190 g/mol. The predicted octanol–water partition coefficient (Wildman–Crippen LogP) is 0.503. The molecule has 0 heterocycles. The highest BCUT2D eigenvalue weighted by Crippen LogP contribution is 2.20. The first-order chi connectivity index (χ1) is 6.84. The molecule has 0 rings (SSSR count). The minimum atomic E-state index is -0.0538. The van der Waals surface area contributed by atoms with Crippen molar-refractivity contribution in [1.29, 1.82) is 0 Å². The van der Waals surface area contributed by atoms with Crippen molar-refractivity contribution in [3.05, 3.63) is 0 Å². The third-order valence-corrected chi connectivity index (χ3v) is 2.42. The Morgan fingerprint density at radius 1 is 1.00 bits per heavy atom. The van der Waals surface area contributed by atoms with E-state index in [1.54, 1.807) is 0 Å². The summed E-state index contributed by atoms with van der Waals surface area (Å²) in [6.45, 7) is 9.37. The lowest BCUT2D eigenvalue weighted by molar-refractivity contribution is 0.298. The SMILES string of the molecule is CC(C)C(CN=C(N)N=C(N)N)C(C)C. The molecule has 5 nitrogen and oxygen atoms in total. The maximum absolute atomic E-state index is 5.53. The summed E-state index contributed by atoms with van der Waals surface area (Å²) in [5.41, 5.74) is 15.9. The van der Waals surface area contributed by atoms with Gasteiger partial charge in [-0.3, -0.25) is 4.99 Å². The van der Waals surface area contributed by atoms with Crippen LogP contribution in [0.15, 0.2) is 9.98 Å². The molecule has 0 aliphatic carbocycles. The second-order valence-corrected chi connectivity index (χ2v) is 4.39. The van der Waals surface area contributed by atoms with E-state index in [0.29, 0.717) is 24.3 Å². The number of hydrogen-bond acceptors (Lipinski definition) is 1. The van der Waals surface area contributed by atoms with Crippen LogP contribution in [0.2, 0.25) is 0 Å². The van der Waals surface area contributed by atoms with Crippen molar-refractivity contribution in [2.24, 2.45) is 44.9 Å². The summed E-state index contributed by atoms with van der Waals surface area (Å²) in [7, 11) is 0. The lowest BCUT2D eigenvalue weighted by Crippen LogP contribution is -2.27. The van der Waals surface area contributed by atoms with E-state index in [4.69, 9.17) is 17.2 Å². The number of aliphatic imine (C=N–C) groups is 2. The molecule has 0 fully saturated rings. The molecule has 5 heteroatoms. The minimum Gasteiger partial charge on any atom is -0.370 e. The Labute approximate surface area is 91.8 Å². The predicted molar refractivity (Wildman–Crippen MR) is 65.5 cm³/mol. The van der Waals surface area contributed by atoms with E-state index in [1.807, 2.05) is 0 Å². The smallest absolute Gasteiger partial charge is 0.218 e. The van der Waals surface area contributed by atoms with Gasteiger partial charge in [-0.1, -0.05) is 27.7 Å². The summed E-state index contributed by atoms with van der Waals surface area (Å²) in [4.78, 5) is 7.82. The first-order valence-electron chi connectivity index (χ1n) is 5.24. The van der Waals surface area contributed by atoms with Gasteiger partial charge in [0.25, 0.3) is 0 Å². The van der Waals surface area contributed by atoms with Crippen LogP contribution in [-0.2, 0) is 0 Å². The van der Waals surface area contributed by atoms with E-state index in [1.165, 1.54) is 0 Å². The van der Waals surface area contributed by atoms with Crippen LogP contribution < -0.4 is 17.2 Å². The average Bonchev–Trinajstić information content (AvgIpc) is 2.00. The first kappa shape index (κ1) is 13.7. The summed E-state index contributed by atoms with van der Waals surface area (Å²) in [6.07, 6.45) is 0. The highest BCUT2D eigenvalue weighted by atomic mass is 15.1. The molecule has 88 valence electrons. The second-order valence-electron chi connectivity index (χ2n) is 4.39. The summed E-state index contributed by atoms with van der Waals surface area (Å²) < 4.78 is 0. The van der Waals surface area contributed by atoms with Gasteiger partial charge in [0.05, 0.1) is 0 Å².